The summed E-state index contributed by atoms with van der Waals surface area (Å²) in [5.74, 6) is 0.677. The number of aromatic nitrogens is 3. The highest BCUT2D eigenvalue weighted by atomic mass is 35.5. The quantitative estimate of drug-likeness (QED) is 0.286. The number of nitrogens with zero attached hydrogens (tertiary/aromatic N) is 5. The summed E-state index contributed by atoms with van der Waals surface area (Å²) >= 11 is 7.70. The van der Waals surface area contributed by atoms with Crippen molar-refractivity contribution in [2.75, 3.05) is 4.90 Å². The second kappa shape index (κ2) is 9.24. The number of thiazole rings is 1. The maximum atomic E-state index is 13.7. The normalized spacial score (nSPS) is 14.5. The van der Waals surface area contributed by atoms with E-state index in [1.807, 2.05) is 48.5 Å². The summed E-state index contributed by atoms with van der Waals surface area (Å²) in [6.07, 6.45) is 3.32. The van der Waals surface area contributed by atoms with Crippen molar-refractivity contribution in [2.45, 2.75) is 6.92 Å². The zero-order valence-electron chi connectivity index (χ0n) is 19.5. The van der Waals surface area contributed by atoms with Gasteiger partial charge in [-0.1, -0.05) is 60.1 Å². The lowest BCUT2D eigenvalue weighted by Gasteiger charge is -2.19. The number of hydrogen-bond donors (Lipinski definition) is 0. The first-order chi connectivity index (χ1) is 18.0. The van der Waals surface area contributed by atoms with Gasteiger partial charge in [0.05, 0.1) is 16.6 Å². The zero-order chi connectivity index (χ0) is 25.5. The Kier molecular flexibility index (Phi) is 5.75. The number of rotatable bonds is 4. The van der Waals surface area contributed by atoms with Crippen LogP contribution in [0.15, 0.2) is 99.9 Å². The largest absolute Gasteiger partial charge is 0.282 e. The van der Waals surface area contributed by atoms with Gasteiger partial charge in [-0.2, -0.15) is 0 Å². The highest BCUT2D eigenvalue weighted by molar-refractivity contribution is 7.12. The summed E-state index contributed by atoms with van der Waals surface area (Å²) in [7, 11) is 0. The Labute approximate surface area is 220 Å². The maximum absolute atomic E-state index is 13.7. The minimum absolute atomic E-state index is 0.245. The second-order valence-corrected chi connectivity index (χ2v) is 9.59. The number of benzene rings is 3. The van der Waals surface area contributed by atoms with E-state index in [1.54, 1.807) is 48.8 Å². The Morgan fingerprint density at radius 1 is 0.973 bits per heavy atom. The first-order valence-electron chi connectivity index (χ1n) is 11.4. The molecule has 3 aromatic carbocycles. The third kappa shape index (κ3) is 4.06. The topological polar surface area (TPSA) is 80.5 Å². The molecule has 3 heterocycles. The van der Waals surface area contributed by atoms with Crippen molar-refractivity contribution in [2.24, 2.45) is 4.99 Å². The fourth-order valence-electron chi connectivity index (χ4n) is 4.25. The lowest BCUT2D eigenvalue weighted by Crippen LogP contribution is -2.33. The van der Waals surface area contributed by atoms with E-state index >= 15 is 0 Å². The molecule has 0 saturated carbocycles. The van der Waals surface area contributed by atoms with Crippen LogP contribution in [-0.4, -0.2) is 26.3 Å². The number of aliphatic imine (C=N–C) groups is 1. The van der Waals surface area contributed by atoms with Gasteiger partial charge in [0, 0.05) is 22.2 Å². The molecule has 6 rings (SSSR count). The van der Waals surface area contributed by atoms with E-state index in [4.69, 9.17) is 16.6 Å². The average Bonchev–Trinajstić information content (AvgIpc) is 3.54. The number of anilines is 1. The smallest absolute Gasteiger partial charge is 0.268 e. The minimum atomic E-state index is -0.321. The fourth-order valence-corrected chi connectivity index (χ4v) is 5.13. The molecule has 0 radical (unpaired) electrons. The van der Waals surface area contributed by atoms with Crippen molar-refractivity contribution >= 4 is 57.3 Å². The summed E-state index contributed by atoms with van der Waals surface area (Å²) in [4.78, 5) is 42.3. The van der Waals surface area contributed by atoms with Gasteiger partial charge >= 0.3 is 0 Å². The molecule has 7 nitrogen and oxygen atoms in total. The monoisotopic (exact) mass is 523 g/mol. The molecule has 5 aromatic rings. The van der Waals surface area contributed by atoms with E-state index < -0.39 is 0 Å². The molecule has 0 saturated heterocycles. The van der Waals surface area contributed by atoms with Crippen LogP contribution >= 0.6 is 22.9 Å². The van der Waals surface area contributed by atoms with Crippen LogP contribution in [-0.2, 0) is 4.79 Å². The summed E-state index contributed by atoms with van der Waals surface area (Å²) in [5.41, 5.74) is 2.49. The van der Waals surface area contributed by atoms with Crippen molar-refractivity contribution in [3.8, 4) is 5.13 Å². The van der Waals surface area contributed by atoms with Gasteiger partial charge in [-0.25, -0.2) is 19.5 Å². The molecule has 0 aliphatic carbocycles. The van der Waals surface area contributed by atoms with Crippen molar-refractivity contribution in [3.63, 3.8) is 0 Å². The number of carbonyl (C=O) groups excluding carboxylic acids is 1. The van der Waals surface area contributed by atoms with Crippen LogP contribution in [0.3, 0.4) is 0 Å². The highest BCUT2D eigenvalue weighted by Gasteiger charge is 2.33. The van der Waals surface area contributed by atoms with Gasteiger partial charge in [-0.3, -0.25) is 14.5 Å². The van der Waals surface area contributed by atoms with E-state index in [2.05, 4.69) is 9.97 Å². The fraction of sp³-hybridized carbons (Fsp3) is 0.0357. The molecule has 1 amide bonds. The van der Waals surface area contributed by atoms with Gasteiger partial charge in [0.15, 0.2) is 5.13 Å². The van der Waals surface area contributed by atoms with Gasteiger partial charge in [0.1, 0.15) is 17.4 Å². The van der Waals surface area contributed by atoms with E-state index in [-0.39, 0.29) is 17.2 Å². The summed E-state index contributed by atoms with van der Waals surface area (Å²) in [6.45, 7) is 1.77. The molecule has 2 aromatic heterocycles. The number of amides is 1. The Hall–Kier alpha value is -4.40. The number of carbonyl (C=O) groups is 1. The third-order valence-corrected chi connectivity index (χ3v) is 7.08. The third-order valence-electron chi connectivity index (χ3n) is 5.98. The van der Waals surface area contributed by atoms with E-state index in [1.165, 1.54) is 20.8 Å². The number of aryl methyl sites for hydroxylation is 1. The first-order valence-corrected chi connectivity index (χ1v) is 12.6. The molecule has 9 heteroatoms. The Morgan fingerprint density at radius 3 is 2.51 bits per heavy atom. The van der Waals surface area contributed by atoms with Crippen molar-refractivity contribution < 1.29 is 4.79 Å². The van der Waals surface area contributed by atoms with E-state index in [0.29, 0.717) is 44.0 Å². The van der Waals surface area contributed by atoms with Crippen LogP contribution in [0, 0.1) is 6.92 Å². The van der Waals surface area contributed by atoms with Crippen LogP contribution in [0.5, 0.6) is 0 Å². The molecule has 0 bridgehead atoms. The summed E-state index contributed by atoms with van der Waals surface area (Å²) < 4.78 is 1.48. The predicted octanol–water partition coefficient (Wildman–Crippen LogP) is 5.64. The molecular weight excluding hydrogens is 506 g/mol. The molecule has 1 aliphatic heterocycles. The van der Waals surface area contributed by atoms with Crippen LogP contribution in [0.2, 0.25) is 5.02 Å². The molecule has 0 spiro atoms. The van der Waals surface area contributed by atoms with Gasteiger partial charge in [0.25, 0.3) is 11.5 Å². The first kappa shape index (κ1) is 23.0. The summed E-state index contributed by atoms with van der Waals surface area (Å²) in [6, 6.07) is 21.9. The predicted molar refractivity (Wildman–Crippen MR) is 148 cm³/mol. The Bertz CT molecular complexity index is 1790. The number of halogens is 1. The van der Waals surface area contributed by atoms with Crippen LogP contribution < -0.4 is 10.5 Å². The zero-order valence-corrected chi connectivity index (χ0v) is 21.1. The molecule has 0 unspecified atom stereocenters. The number of amidine groups is 1. The highest BCUT2D eigenvalue weighted by Crippen LogP contribution is 2.30. The second-order valence-electron chi connectivity index (χ2n) is 8.31. The lowest BCUT2D eigenvalue weighted by molar-refractivity contribution is -0.113. The molecular formula is C28H18ClN5O2S. The van der Waals surface area contributed by atoms with Crippen molar-refractivity contribution in [1.29, 1.82) is 0 Å². The van der Waals surface area contributed by atoms with Gasteiger partial charge < -0.3 is 0 Å². The van der Waals surface area contributed by atoms with Gasteiger partial charge in [-0.15, -0.1) is 11.3 Å². The molecule has 0 atom stereocenters. The molecule has 1 aliphatic rings. The van der Waals surface area contributed by atoms with Crippen LogP contribution in [0.1, 0.15) is 17.0 Å². The molecule has 37 heavy (non-hydrogen) atoms. The SMILES string of the molecule is Cc1nc2ccc(N3C(=O)C(=Cc4ccccc4Cl)N=C3c3ccccc3)cc2c(=O)n1-c1nccs1. The lowest BCUT2D eigenvalue weighted by atomic mass is 10.1. The van der Waals surface area contributed by atoms with Crippen molar-refractivity contribution in [3.05, 3.63) is 122 Å². The maximum Gasteiger partial charge on any atom is 0.282 e. The number of fused-ring (bicyclic) bond motifs is 1. The molecule has 0 N–H and O–H groups in total. The van der Waals surface area contributed by atoms with Crippen LogP contribution in [0.25, 0.3) is 22.1 Å². The average molecular weight is 524 g/mol. The minimum Gasteiger partial charge on any atom is -0.268 e. The Morgan fingerprint density at radius 2 is 1.76 bits per heavy atom. The Balaban J connectivity index is 1.52. The molecule has 180 valence electrons. The summed E-state index contributed by atoms with van der Waals surface area (Å²) in [5, 5.41) is 3.24. The molecule has 0 fully saturated rings. The standard InChI is InChI=1S/C28H18ClN5O2S/c1-17-31-23-12-11-20(16-21(23)26(35)33(17)28-30-13-14-37-28)34-25(18-7-3-2-4-8-18)32-24(27(34)36)15-19-9-5-6-10-22(19)29/h2-16H,1H3. The van der Waals surface area contributed by atoms with E-state index in [0.717, 1.165) is 5.56 Å². The van der Waals surface area contributed by atoms with Gasteiger partial charge in [0.2, 0.25) is 0 Å². The van der Waals surface area contributed by atoms with Gasteiger partial charge in [-0.05, 0) is 42.8 Å². The van der Waals surface area contributed by atoms with Crippen LogP contribution in [0.4, 0.5) is 5.69 Å². The van der Waals surface area contributed by atoms with E-state index in [9.17, 15) is 9.59 Å². The van der Waals surface area contributed by atoms with Crippen molar-refractivity contribution in [1.82, 2.24) is 14.5 Å². The number of hydrogen-bond acceptors (Lipinski definition) is 6.